The first-order chi connectivity index (χ1) is 8.20. The molecule has 0 saturated heterocycles. The monoisotopic (exact) mass is 257 g/mol. The van der Waals surface area contributed by atoms with Gasteiger partial charge < -0.3 is 10.1 Å². The Kier molecular flexibility index (Phi) is 3.48. The molecule has 7 heteroatoms. The highest BCUT2D eigenvalue weighted by Crippen LogP contribution is 2.23. The van der Waals surface area contributed by atoms with Gasteiger partial charge in [0.15, 0.2) is 22.4 Å². The van der Waals surface area contributed by atoms with Gasteiger partial charge in [-0.1, -0.05) is 17.4 Å². The number of nitrogens with zero attached hydrogens (tertiary/aromatic N) is 2. The lowest BCUT2D eigenvalue weighted by atomic mass is 10.3. The molecule has 1 heterocycles. The van der Waals surface area contributed by atoms with E-state index in [2.05, 4.69) is 15.5 Å². The number of halogens is 2. The number of rotatable bonds is 4. The van der Waals surface area contributed by atoms with Crippen LogP contribution in [0.3, 0.4) is 0 Å². The van der Waals surface area contributed by atoms with Gasteiger partial charge in [0.2, 0.25) is 5.13 Å². The van der Waals surface area contributed by atoms with Gasteiger partial charge in [-0.3, -0.25) is 0 Å². The van der Waals surface area contributed by atoms with Crippen LogP contribution in [0.5, 0.6) is 5.75 Å². The van der Waals surface area contributed by atoms with Crippen molar-refractivity contribution in [3.8, 4) is 5.75 Å². The summed E-state index contributed by atoms with van der Waals surface area (Å²) in [6, 6.07) is 3.55. The molecule has 2 rings (SSSR count). The van der Waals surface area contributed by atoms with Crippen molar-refractivity contribution in [3.05, 3.63) is 34.8 Å². The summed E-state index contributed by atoms with van der Waals surface area (Å²) in [6.45, 7) is -0.0167. The van der Waals surface area contributed by atoms with E-state index in [1.165, 1.54) is 17.4 Å². The van der Waals surface area contributed by atoms with E-state index in [0.717, 1.165) is 12.1 Å². The zero-order valence-corrected chi connectivity index (χ0v) is 9.72. The minimum Gasteiger partial charge on any atom is -0.480 e. The molecule has 1 aromatic heterocycles. The van der Waals surface area contributed by atoms with Crippen molar-refractivity contribution < 1.29 is 13.5 Å². The predicted molar refractivity (Wildman–Crippen MR) is 60.1 cm³/mol. The fraction of sp³-hybridized carbons (Fsp3) is 0.200. The molecule has 0 fully saturated rings. The highest BCUT2D eigenvalue weighted by molar-refractivity contribution is 7.15. The Bertz CT molecular complexity index is 498. The van der Waals surface area contributed by atoms with Crippen LogP contribution in [0.15, 0.2) is 18.2 Å². The lowest BCUT2D eigenvalue weighted by molar-refractivity contribution is 0.273. The number of anilines is 1. The van der Waals surface area contributed by atoms with Gasteiger partial charge in [-0.25, -0.2) is 8.78 Å². The van der Waals surface area contributed by atoms with Crippen LogP contribution in [0.2, 0.25) is 0 Å². The van der Waals surface area contributed by atoms with Crippen LogP contribution in [-0.2, 0) is 6.61 Å². The summed E-state index contributed by atoms with van der Waals surface area (Å²) in [5, 5.41) is 11.6. The maximum absolute atomic E-state index is 13.2. The maximum Gasteiger partial charge on any atom is 0.205 e. The second kappa shape index (κ2) is 5.05. The van der Waals surface area contributed by atoms with Crippen molar-refractivity contribution in [1.82, 2.24) is 10.2 Å². The average molecular weight is 257 g/mol. The third kappa shape index (κ3) is 2.68. The number of aromatic nitrogens is 2. The normalized spacial score (nSPS) is 10.3. The first kappa shape index (κ1) is 11.7. The van der Waals surface area contributed by atoms with Gasteiger partial charge in [0, 0.05) is 7.05 Å². The molecule has 0 amide bonds. The fourth-order valence-electron chi connectivity index (χ4n) is 1.17. The summed E-state index contributed by atoms with van der Waals surface area (Å²) in [5.74, 6) is -1.86. The summed E-state index contributed by atoms with van der Waals surface area (Å²) in [6.07, 6.45) is 0. The summed E-state index contributed by atoms with van der Waals surface area (Å²) < 4.78 is 31.5. The van der Waals surface area contributed by atoms with Crippen molar-refractivity contribution in [2.45, 2.75) is 6.61 Å². The molecule has 0 unspecified atom stereocenters. The highest BCUT2D eigenvalue weighted by Gasteiger charge is 2.11. The van der Waals surface area contributed by atoms with E-state index in [4.69, 9.17) is 4.74 Å². The molecule has 90 valence electrons. The van der Waals surface area contributed by atoms with Gasteiger partial charge in [0.25, 0.3) is 0 Å². The van der Waals surface area contributed by atoms with Crippen molar-refractivity contribution in [2.75, 3.05) is 12.4 Å². The average Bonchev–Trinajstić information content (AvgIpc) is 2.76. The summed E-state index contributed by atoms with van der Waals surface area (Å²) in [4.78, 5) is 0. The van der Waals surface area contributed by atoms with Gasteiger partial charge in [-0.05, 0) is 12.1 Å². The largest absolute Gasteiger partial charge is 0.480 e. The van der Waals surface area contributed by atoms with Crippen LogP contribution in [0.25, 0.3) is 0 Å². The SMILES string of the molecule is CNc1nnc(COc2c(F)cccc2F)s1. The van der Waals surface area contributed by atoms with Gasteiger partial charge >= 0.3 is 0 Å². The van der Waals surface area contributed by atoms with Gasteiger partial charge in [-0.2, -0.15) is 0 Å². The van der Waals surface area contributed by atoms with Crippen LogP contribution in [-0.4, -0.2) is 17.2 Å². The van der Waals surface area contributed by atoms with Crippen LogP contribution >= 0.6 is 11.3 Å². The third-order valence-corrected chi connectivity index (χ3v) is 2.85. The number of benzene rings is 1. The van der Waals surface area contributed by atoms with Crippen LogP contribution in [0.1, 0.15) is 5.01 Å². The van der Waals surface area contributed by atoms with E-state index < -0.39 is 17.4 Å². The Morgan fingerprint density at radius 2 is 2.00 bits per heavy atom. The number of para-hydroxylation sites is 1. The topological polar surface area (TPSA) is 47.0 Å². The van der Waals surface area contributed by atoms with Crippen molar-refractivity contribution in [1.29, 1.82) is 0 Å². The molecule has 0 saturated carbocycles. The fourth-order valence-corrected chi connectivity index (χ4v) is 1.77. The van der Waals surface area contributed by atoms with Crippen molar-refractivity contribution >= 4 is 16.5 Å². The maximum atomic E-state index is 13.2. The summed E-state index contributed by atoms with van der Waals surface area (Å²) >= 11 is 1.26. The highest BCUT2D eigenvalue weighted by atomic mass is 32.1. The molecule has 1 N–H and O–H groups in total. The molecule has 0 radical (unpaired) electrons. The Morgan fingerprint density at radius 3 is 2.59 bits per heavy atom. The number of ether oxygens (including phenoxy) is 1. The molecule has 0 atom stereocenters. The van der Waals surface area contributed by atoms with E-state index in [-0.39, 0.29) is 6.61 Å². The van der Waals surface area contributed by atoms with E-state index in [1.54, 1.807) is 7.05 Å². The zero-order chi connectivity index (χ0) is 12.3. The van der Waals surface area contributed by atoms with Gasteiger partial charge in [0.05, 0.1) is 0 Å². The number of hydrogen-bond acceptors (Lipinski definition) is 5. The molecular weight excluding hydrogens is 248 g/mol. The molecular formula is C10H9F2N3OS. The lowest BCUT2D eigenvalue weighted by Crippen LogP contribution is -1.99. The van der Waals surface area contributed by atoms with Crippen LogP contribution in [0.4, 0.5) is 13.9 Å². The molecule has 0 spiro atoms. The van der Waals surface area contributed by atoms with E-state index in [0.29, 0.717) is 10.1 Å². The minimum atomic E-state index is -0.733. The van der Waals surface area contributed by atoms with E-state index in [9.17, 15) is 8.78 Å². The van der Waals surface area contributed by atoms with Crippen LogP contribution < -0.4 is 10.1 Å². The van der Waals surface area contributed by atoms with Crippen molar-refractivity contribution in [2.24, 2.45) is 0 Å². The first-order valence-corrected chi connectivity index (χ1v) is 5.59. The third-order valence-electron chi connectivity index (χ3n) is 1.94. The van der Waals surface area contributed by atoms with Crippen LogP contribution in [0, 0.1) is 11.6 Å². The molecule has 0 aliphatic heterocycles. The Morgan fingerprint density at radius 1 is 1.29 bits per heavy atom. The molecule has 0 bridgehead atoms. The summed E-state index contributed by atoms with van der Waals surface area (Å²) in [7, 11) is 1.71. The Balaban J connectivity index is 2.07. The molecule has 2 aromatic rings. The minimum absolute atomic E-state index is 0.0167. The lowest BCUT2D eigenvalue weighted by Gasteiger charge is -2.05. The van der Waals surface area contributed by atoms with Crippen molar-refractivity contribution in [3.63, 3.8) is 0 Å². The van der Waals surface area contributed by atoms with E-state index >= 15 is 0 Å². The molecule has 1 aromatic carbocycles. The Labute approximate surface area is 100 Å². The molecule has 4 nitrogen and oxygen atoms in total. The summed E-state index contributed by atoms with van der Waals surface area (Å²) in [5.41, 5.74) is 0. The quantitative estimate of drug-likeness (QED) is 0.913. The van der Waals surface area contributed by atoms with Gasteiger partial charge in [0.1, 0.15) is 6.61 Å². The number of hydrogen-bond donors (Lipinski definition) is 1. The smallest absolute Gasteiger partial charge is 0.205 e. The standard InChI is InChI=1S/C10H9F2N3OS/c1-13-10-15-14-8(17-10)5-16-9-6(11)3-2-4-7(9)12/h2-4H,5H2,1H3,(H,13,15). The zero-order valence-electron chi connectivity index (χ0n) is 8.91. The molecule has 0 aliphatic carbocycles. The Hall–Kier alpha value is -1.76. The van der Waals surface area contributed by atoms with Gasteiger partial charge in [-0.15, -0.1) is 10.2 Å². The molecule has 0 aliphatic rings. The second-order valence-corrected chi connectivity index (χ2v) is 4.15. The number of nitrogens with one attached hydrogen (secondary N) is 1. The first-order valence-electron chi connectivity index (χ1n) is 4.77. The van der Waals surface area contributed by atoms with E-state index in [1.807, 2.05) is 0 Å². The predicted octanol–water partition coefficient (Wildman–Crippen LogP) is 2.44. The second-order valence-electron chi connectivity index (χ2n) is 3.09. The molecule has 17 heavy (non-hydrogen) atoms.